The molecular weight excluding hydrogens is 392 g/mol. The molecule has 0 bridgehead atoms. The largest absolute Gasteiger partial charge is 0.243 e. The van der Waals surface area contributed by atoms with Crippen LogP contribution in [0.3, 0.4) is 0 Å². The normalized spacial score (nSPS) is 17.5. The summed E-state index contributed by atoms with van der Waals surface area (Å²) in [6, 6.07) is 29.0. The fourth-order valence-electron chi connectivity index (χ4n) is 4.42. The maximum atomic E-state index is 13.2. The zero-order chi connectivity index (χ0) is 21.2. The van der Waals surface area contributed by atoms with E-state index in [9.17, 15) is 13.7 Å². The minimum Gasteiger partial charge on any atom is -0.207 e. The van der Waals surface area contributed by atoms with Crippen molar-refractivity contribution in [2.24, 2.45) is 5.92 Å². The molecule has 0 aliphatic carbocycles. The highest BCUT2D eigenvalue weighted by Crippen LogP contribution is 2.44. The van der Waals surface area contributed by atoms with Gasteiger partial charge in [0.25, 0.3) is 0 Å². The lowest BCUT2D eigenvalue weighted by Crippen LogP contribution is -2.38. The molecule has 152 valence electrons. The first-order chi connectivity index (χ1) is 14.5. The summed E-state index contributed by atoms with van der Waals surface area (Å²) in [5.41, 5.74) is 1.92. The summed E-state index contributed by atoms with van der Waals surface area (Å²) >= 11 is 0. The zero-order valence-corrected chi connectivity index (χ0v) is 17.7. The molecule has 0 saturated carbocycles. The van der Waals surface area contributed by atoms with Crippen molar-refractivity contribution < 1.29 is 8.42 Å². The number of hydrogen-bond acceptors (Lipinski definition) is 3. The van der Waals surface area contributed by atoms with E-state index in [2.05, 4.69) is 6.07 Å². The van der Waals surface area contributed by atoms with Gasteiger partial charge in [0.15, 0.2) is 0 Å². The average Bonchev–Trinajstić information content (AvgIpc) is 3.28. The molecule has 0 spiro atoms. The van der Waals surface area contributed by atoms with Crippen LogP contribution in [0.5, 0.6) is 0 Å². The van der Waals surface area contributed by atoms with Gasteiger partial charge >= 0.3 is 0 Å². The second-order valence-electron chi connectivity index (χ2n) is 7.81. The Morgan fingerprint density at radius 3 is 1.93 bits per heavy atom. The van der Waals surface area contributed by atoms with E-state index in [0.29, 0.717) is 24.4 Å². The van der Waals surface area contributed by atoms with E-state index < -0.39 is 15.4 Å². The van der Waals surface area contributed by atoms with Crippen molar-refractivity contribution in [2.45, 2.75) is 23.7 Å². The molecule has 1 atom stereocenters. The van der Waals surface area contributed by atoms with Crippen LogP contribution >= 0.6 is 0 Å². The minimum absolute atomic E-state index is 0.146. The number of rotatable bonds is 5. The van der Waals surface area contributed by atoms with Gasteiger partial charge in [0.05, 0.1) is 11.0 Å². The van der Waals surface area contributed by atoms with Crippen molar-refractivity contribution in [2.75, 3.05) is 13.1 Å². The van der Waals surface area contributed by atoms with Gasteiger partial charge in [0, 0.05) is 19.0 Å². The second kappa shape index (κ2) is 8.06. The molecule has 0 amide bonds. The quantitative estimate of drug-likeness (QED) is 0.615. The smallest absolute Gasteiger partial charge is 0.207 e. The minimum atomic E-state index is -3.60. The Morgan fingerprint density at radius 1 is 0.900 bits per heavy atom. The number of aryl methyl sites for hydroxylation is 1. The van der Waals surface area contributed by atoms with Crippen LogP contribution in [0.1, 0.15) is 23.1 Å². The van der Waals surface area contributed by atoms with Crippen LogP contribution in [0.4, 0.5) is 0 Å². The lowest BCUT2D eigenvalue weighted by atomic mass is 9.66. The maximum absolute atomic E-state index is 13.2. The molecule has 30 heavy (non-hydrogen) atoms. The number of nitriles is 1. The van der Waals surface area contributed by atoms with E-state index >= 15 is 0 Å². The summed E-state index contributed by atoms with van der Waals surface area (Å²) in [5.74, 6) is -0.146. The number of sulfonamides is 1. The van der Waals surface area contributed by atoms with Crippen molar-refractivity contribution in [3.8, 4) is 6.07 Å². The Balaban J connectivity index is 1.74. The van der Waals surface area contributed by atoms with Crippen molar-refractivity contribution in [1.29, 1.82) is 5.26 Å². The Kier molecular flexibility index (Phi) is 5.46. The van der Waals surface area contributed by atoms with Gasteiger partial charge in [-0.25, -0.2) is 8.42 Å². The van der Waals surface area contributed by atoms with Crippen molar-refractivity contribution in [3.05, 3.63) is 102 Å². The molecule has 3 aromatic rings. The predicted octanol–water partition coefficient (Wildman–Crippen LogP) is 4.52. The fraction of sp³-hybridized carbons (Fsp3) is 0.240. The maximum Gasteiger partial charge on any atom is 0.243 e. The van der Waals surface area contributed by atoms with Gasteiger partial charge in [-0.2, -0.15) is 9.57 Å². The Morgan fingerprint density at radius 2 is 1.43 bits per heavy atom. The summed E-state index contributed by atoms with van der Waals surface area (Å²) in [4.78, 5) is 0.302. The van der Waals surface area contributed by atoms with E-state index in [1.165, 1.54) is 4.31 Å². The van der Waals surface area contributed by atoms with Gasteiger partial charge in [-0.3, -0.25) is 0 Å². The summed E-state index contributed by atoms with van der Waals surface area (Å²) in [6.07, 6.45) is 0.627. The van der Waals surface area contributed by atoms with Crippen LogP contribution in [0.15, 0.2) is 89.8 Å². The van der Waals surface area contributed by atoms with Gasteiger partial charge in [-0.1, -0.05) is 78.4 Å². The molecule has 4 rings (SSSR count). The summed E-state index contributed by atoms with van der Waals surface area (Å²) in [7, 11) is -3.60. The second-order valence-corrected chi connectivity index (χ2v) is 9.75. The predicted molar refractivity (Wildman–Crippen MR) is 117 cm³/mol. The third kappa shape index (κ3) is 3.43. The van der Waals surface area contributed by atoms with Crippen LogP contribution in [0.25, 0.3) is 0 Å². The molecular formula is C25H24N2O2S. The first-order valence-corrected chi connectivity index (χ1v) is 11.5. The van der Waals surface area contributed by atoms with Crippen LogP contribution in [0.2, 0.25) is 0 Å². The highest BCUT2D eigenvalue weighted by Gasteiger charge is 2.47. The van der Waals surface area contributed by atoms with Crippen LogP contribution in [-0.4, -0.2) is 25.8 Å². The Hall–Kier alpha value is -2.94. The molecule has 1 aliphatic rings. The number of nitrogens with zero attached hydrogens (tertiary/aromatic N) is 2. The van der Waals surface area contributed by atoms with Crippen LogP contribution in [-0.2, 0) is 15.4 Å². The standard InChI is InChI=1S/C25H24N2O2S/c1-20-12-14-24(15-13-20)30(28,29)27-17-16-23(18-27)25(19-26,21-8-4-2-5-9-21)22-10-6-3-7-11-22/h2-15,23H,16-18H2,1H3/t23-/m1/s1. The van der Waals surface area contributed by atoms with E-state index in [-0.39, 0.29) is 5.92 Å². The molecule has 1 fully saturated rings. The highest BCUT2D eigenvalue weighted by atomic mass is 32.2. The van der Waals surface area contributed by atoms with E-state index in [4.69, 9.17) is 0 Å². The summed E-state index contributed by atoms with van der Waals surface area (Å²) < 4.78 is 28.0. The van der Waals surface area contributed by atoms with E-state index in [1.807, 2.05) is 79.7 Å². The molecule has 0 radical (unpaired) electrons. The molecule has 1 saturated heterocycles. The SMILES string of the molecule is Cc1ccc(S(=O)(=O)N2CC[C@@H](C(C#N)(c3ccccc3)c3ccccc3)C2)cc1. The van der Waals surface area contributed by atoms with Crippen molar-refractivity contribution >= 4 is 10.0 Å². The summed E-state index contributed by atoms with van der Waals surface area (Å²) in [6.45, 7) is 2.65. The van der Waals surface area contributed by atoms with E-state index in [0.717, 1.165) is 16.7 Å². The third-order valence-electron chi connectivity index (χ3n) is 6.06. The van der Waals surface area contributed by atoms with Crippen LogP contribution < -0.4 is 0 Å². The van der Waals surface area contributed by atoms with Gasteiger partial charge in [-0.15, -0.1) is 0 Å². The first kappa shape index (κ1) is 20.3. The lowest BCUT2D eigenvalue weighted by Gasteiger charge is -2.34. The summed E-state index contributed by atoms with van der Waals surface area (Å²) in [5, 5.41) is 10.5. The molecule has 0 N–H and O–H groups in total. The lowest BCUT2D eigenvalue weighted by molar-refractivity contribution is 0.393. The first-order valence-electron chi connectivity index (χ1n) is 10.1. The zero-order valence-electron chi connectivity index (χ0n) is 16.9. The Bertz CT molecular complexity index is 1110. The fourth-order valence-corrected chi connectivity index (χ4v) is 5.92. The molecule has 0 aromatic heterocycles. The van der Waals surface area contributed by atoms with Crippen molar-refractivity contribution in [3.63, 3.8) is 0 Å². The van der Waals surface area contributed by atoms with E-state index in [1.54, 1.807) is 12.1 Å². The monoisotopic (exact) mass is 416 g/mol. The van der Waals surface area contributed by atoms with Gasteiger partial charge in [0.1, 0.15) is 5.41 Å². The van der Waals surface area contributed by atoms with Crippen LogP contribution in [0, 0.1) is 24.2 Å². The molecule has 0 unspecified atom stereocenters. The third-order valence-corrected chi connectivity index (χ3v) is 7.94. The molecule has 3 aromatic carbocycles. The topological polar surface area (TPSA) is 61.2 Å². The number of benzene rings is 3. The van der Waals surface area contributed by atoms with Gasteiger partial charge in [0.2, 0.25) is 10.0 Å². The van der Waals surface area contributed by atoms with Gasteiger partial charge in [-0.05, 0) is 36.6 Å². The Labute approximate surface area is 178 Å². The molecule has 1 aliphatic heterocycles. The molecule has 1 heterocycles. The molecule has 4 nitrogen and oxygen atoms in total. The average molecular weight is 417 g/mol. The van der Waals surface area contributed by atoms with Crippen molar-refractivity contribution in [1.82, 2.24) is 4.31 Å². The highest BCUT2D eigenvalue weighted by molar-refractivity contribution is 7.89. The molecule has 5 heteroatoms. The number of hydrogen-bond donors (Lipinski definition) is 0. The van der Waals surface area contributed by atoms with Gasteiger partial charge < -0.3 is 0 Å².